The molecule has 8 bridgehead atoms. The molecular weight excluding hydrogens is 1000 g/mol. The van der Waals surface area contributed by atoms with Gasteiger partial charge in [0.2, 0.25) is 0 Å². The standard InChI is InChI=1S/C68H76N4O8/c1-5-9-13-17-25-43-46-36-49-44(26-18-14-10-6-2)48-35-42(32-33-60(48)77-64-65(78-61(49)39-57(46)73)70-54-29-21-20-28-53(54)69-64)68(76,34-24-16-12-8-4)52-38-51-45(27-19-15-11-7-3)50-37-47(43)58(74)40-62(50)79-66-67(80-63(51)41-59(52)75)72-56-31-23-22-30-55(56)71-66/h20-23,28-33,35-41,43-45,73-76H,5-19,24-27,34H2,1-4H3/t43?,44-,45-,68-/m1/s1. The lowest BCUT2D eigenvalue weighted by atomic mass is 9.75. The summed E-state index contributed by atoms with van der Waals surface area (Å²) in [6, 6.07) is 32.2. The number of benzene rings is 6. The number of hydrogen-bond donors (Lipinski definition) is 4. The number of aromatic hydroxyl groups is 3. The number of para-hydroxylation sites is 4. The van der Waals surface area contributed by atoms with Crippen molar-refractivity contribution in [2.45, 2.75) is 179 Å². The molecule has 2 aliphatic heterocycles. The van der Waals surface area contributed by atoms with E-state index >= 15 is 0 Å². The van der Waals surface area contributed by atoms with E-state index in [4.69, 9.17) is 38.9 Å². The van der Waals surface area contributed by atoms with Gasteiger partial charge in [-0.2, -0.15) is 0 Å². The van der Waals surface area contributed by atoms with Gasteiger partial charge in [0.25, 0.3) is 23.5 Å². The van der Waals surface area contributed by atoms with Crippen molar-refractivity contribution < 1.29 is 39.4 Å². The van der Waals surface area contributed by atoms with Crippen LogP contribution in [-0.2, 0) is 5.60 Å². The van der Waals surface area contributed by atoms with Crippen molar-refractivity contribution in [3.8, 4) is 63.8 Å². The molecule has 1 unspecified atom stereocenters. The number of phenolic OH excluding ortho intramolecular Hbond substituents is 3. The van der Waals surface area contributed by atoms with E-state index in [0.29, 0.717) is 99.4 Å². The van der Waals surface area contributed by atoms with E-state index in [1.54, 1.807) is 18.2 Å². The van der Waals surface area contributed by atoms with Crippen molar-refractivity contribution in [3.63, 3.8) is 0 Å². The molecule has 80 heavy (non-hydrogen) atoms. The Bertz CT molecular complexity index is 3530. The number of rotatable bonds is 20. The van der Waals surface area contributed by atoms with E-state index < -0.39 is 23.4 Å². The first-order chi connectivity index (χ1) is 39.1. The zero-order chi connectivity index (χ0) is 55.3. The van der Waals surface area contributed by atoms with E-state index in [-0.39, 0.29) is 40.8 Å². The molecule has 12 nitrogen and oxygen atoms in total. The van der Waals surface area contributed by atoms with Gasteiger partial charge in [-0.3, -0.25) is 0 Å². The summed E-state index contributed by atoms with van der Waals surface area (Å²) in [5, 5.41) is 52.5. The van der Waals surface area contributed by atoms with Crippen LogP contribution in [0.1, 0.15) is 218 Å². The molecule has 8 aromatic rings. The van der Waals surface area contributed by atoms with Crippen LogP contribution >= 0.6 is 0 Å². The Morgan fingerprint density at radius 3 is 1.16 bits per heavy atom. The van der Waals surface area contributed by atoms with Crippen molar-refractivity contribution in [2.75, 3.05) is 0 Å². The minimum absolute atomic E-state index is 0.00778. The number of aliphatic hydroxyl groups is 1. The predicted molar refractivity (Wildman–Crippen MR) is 314 cm³/mol. The van der Waals surface area contributed by atoms with Gasteiger partial charge in [-0.25, -0.2) is 19.9 Å². The molecule has 12 heteroatoms. The lowest BCUT2D eigenvalue weighted by molar-refractivity contribution is 0.0650. The molecule has 4 atom stereocenters. The molecule has 0 amide bonds. The molecular formula is C68H76N4O8. The van der Waals surface area contributed by atoms with Crippen LogP contribution in [0.5, 0.6) is 63.8 Å². The zero-order valence-corrected chi connectivity index (χ0v) is 46.9. The van der Waals surface area contributed by atoms with Gasteiger partial charge in [0.05, 0.1) is 22.1 Å². The number of hydrogen-bond acceptors (Lipinski definition) is 12. The molecule has 3 aliphatic rings. The van der Waals surface area contributed by atoms with Crippen LogP contribution in [0.3, 0.4) is 0 Å². The highest BCUT2D eigenvalue weighted by molar-refractivity contribution is 5.77. The predicted octanol–water partition coefficient (Wildman–Crippen LogP) is 18.3. The van der Waals surface area contributed by atoms with Crippen LogP contribution in [0.25, 0.3) is 22.1 Å². The van der Waals surface area contributed by atoms with Crippen LogP contribution in [0.2, 0.25) is 0 Å². The number of aromatic nitrogens is 4. The highest BCUT2D eigenvalue weighted by Crippen LogP contribution is 2.56. The van der Waals surface area contributed by atoms with Gasteiger partial charge >= 0.3 is 0 Å². The highest BCUT2D eigenvalue weighted by atomic mass is 16.5. The second kappa shape index (κ2) is 24.1. The van der Waals surface area contributed by atoms with Gasteiger partial charge in [0.15, 0.2) is 0 Å². The summed E-state index contributed by atoms with van der Waals surface area (Å²) in [7, 11) is 0. The van der Waals surface area contributed by atoms with E-state index in [1.165, 1.54) is 0 Å². The molecule has 11 rings (SSSR count). The van der Waals surface area contributed by atoms with Gasteiger partial charge in [-0.1, -0.05) is 154 Å². The maximum absolute atomic E-state index is 14.1. The fourth-order valence-electron chi connectivity index (χ4n) is 12.6. The fourth-order valence-corrected chi connectivity index (χ4v) is 12.6. The molecule has 1 aliphatic carbocycles. The molecule has 0 fully saturated rings. The largest absolute Gasteiger partial charge is 0.508 e. The van der Waals surface area contributed by atoms with Crippen molar-refractivity contribution >= 4 is 22.1 Å². The Morgan fingerprint density at radius 2 is 0.738 bits per heavy atom. The second-order valence-corrected chi connectivity index (χ2v) is 22.5. The molecule has 0 saturated heterocycles. The third kappa shape index (κ3) is 11.0. The Hall–Kier alpha value is -7.44. The van der Waals surface area contributed by atoms with Crippen LogP contribution in [0.4, 0.5) is 0 Å². The normalized spacial score (nSPS) is 17.8. The van der Waals surface area contributed by atoms with Crippen molar-refractivity contribution in [1.29, 1.82) is 0 Å². The molecule has 4 heterocycles. The van der Waals surface area contributed by atoms with Crippen LogP contribution < -0.4 is 18.9 Å². The Morgan fingerprint density at radius 1 is 0.375 bits per heavy atom. The quantitative estimate of drug-likeness (QED) is 0.0534. The molecule has 416 valence electrons. The average molecular weight is 1080 g/mol. The van der Waals surface area contributed by atoms with E-state index in [0.717, 1.165) is 119 Å². The summed E-state index contributed by atoms with van der Waals surface area (Å²) < 4.78 is 27.8. The number of nitrogens with zero attached hydrogens (tertiary/aromatic N) is 4. The molecule has 0 spiro atoms. The first-order valence-electron chi connectivity index (χ1n) is 29.8. The topological polar surface area (TPSA) is 169 Å². The van der Waals surface area contributed by atoms with Gasteiger partial charge < -0.3 is 39.4 Å². The van der Waals surface area contributed by atoms with Crippen LogP contribution in [0, 0.1) is 0 Å². The van der Waals surface area contributed by atoms with Gasteiger partial charge in [-0.05, 0) is 92.3 Å². The monoisotopic (exact) mass is 1080 g/mol. The maximum atomic E-state index is 14.1. The molecule has 0 saturated carbocycles. The minimum Gasteiger partial charge on any atom is -0.508 e. The van der Waals surface area contributed by atoms with Crippen molar-refractivity contribution in [1.82, 2.24) is 19.9 Å². The Kier molecular flexibility index (Phi) is 16.4. The first-order valence-corrected chi connectivity index (χ1v) is 29.8. The second-order valence-electron chi connectivity index (χ2n) is 22.5. The molecule has 2 aromatic heterocycles. The average Bonchev–Trinajstić information content (AvgIpc) is 3.74. The van der Waals surface area contributed by atoms with Gasteiger partial charge in [-0.15, -0.1) is 0 Å². The van der Waals surface area contributed by atoms with Crippen molar-refractivity contribution in [2.24, 2.45) is 0 Å². The Labute approximate surface area is 470 Å². The number of fused-ring (bicyclic) bond motifs is 8. The maximum Gasteiger partial charge on any atom is 0.284 e. The smallest absolute Gasteiger partial charge is 0.284 e. The van der Waals surface area contributed by atoms with Crippen LogP contribution in [0.15, 0.2) is 103 Å². The number of ether oxygens (including phenoxy) is 4. The third-order valence-corrected chi connectivity index (χ3v) is 16.9. The molecule has 0 radical (unpaired) electrons. The summed E-state index contributed by atoms with van der Waals surface area (Å²) in [6.45, 7) is 8.78. The van der Waals surface area contributed by atoms with Gasteiger partial charge in [0.1, 0.15) is 45.8 Å². The van der Waals surface area contributed by atoms with Crippen molar-refractivity contribution in [3.05, 3.63) is 148 Å². The molecule has 6 aromatic carbocycles. The summed E-state index contributed by atoms with van der Waals surface area (Å²) in [4.78, 5) is 19.9. The van der Waals surface area contributed by atoms with E-state index in [2.05, 4.69) is 45.9 Å². The number of unbranched alkanes of at least 4 members (excludes halogenated alkanes) is 12. The van der Waals surface area contributed by atoms with E-state index in [1.807, 2.05) is 66.7 Å². The van der Waals surface area contributed by atoms with Gasteiger partial charge in [0, 0.05) is 74.9 Å². The number of phenols is 3. The summed E-state index contributed by atoms with van der Waals surface area (Å²) in [5.74, 6) is 0.749. The van der Waals surface area contributed by atoms with Crippen LogP contribution in [-0.4, -0.2) is 40.4 Å². The minimum atomic E-state index is -1.74. The highest BCUT2D eigenvalue weighted by Gasteiger charge is 2.40. The molecule has 4 N–H and O–H groups in total. The summed E-state index contributed by atoms with van der Waals surface area (Å²) in [5.41, 5.74) is 6.06. The Balaban J connectivity index is 1.25. The SMILES string of the molecule is CCCCCCC1c2cc3c(cc2O)Oc2nc4ccccc4nc2Oc2ccc(cc2[C@H]3CCCCCC)[C@](O)(CCCCCC)c2cc3c(cc2O)Oc2nc4ccccc4nc2Oc2cc(O)c1cc2[C@H]3CCCCCC. The van der Waals surface area contributed by atoms with E-state index in [9.17, 15) is 20.4 Å². The third-order valence-electron chi connectivity index (χ3n) is 16.9. The fraction of sp³-hybridized carbons (Fsp3) is 0.412. The zero-order valence-electron chi connectivity index (χ0n) is 46.9. The first kappa shape index (κ1) is 54.5. The lowest BCUT2D eigenvalue weighted by Crippen LogP contribution is -2.28. The summed E-state index contributed by atoms with van der Waals surface area (Å²) >= 11 is 0. The lowest BCUT2D eigenvalue weighted by Gasteiger charge is -2.34. The summed E-state index contributed by atoms with van der Waals surface area (Å²) in [6.07, 6.45) is 17.5.